The molecule has 0 unspecified atom stereocenters. The minimum absolute atomic E-state index is 0.104. The lowest BCUT2D eigenvalue weighted by Gasteiger charge is -2.03. The number of nitrogens with one attached hydrogen (secondary N) is 1. The van der Waals surface area contributed by atoms with Crippen LogP contribution in [0, 0.1) is 0 Å². The fourth-order valence-electron chi connectivity index (χ4n) is 1.92. The molecule has 3 aromatic rings. The molecule has 108 valence electrons. The first-order valence-electron chi connectivity index (χ1n) is 5.88. The van der Waals surface area contributed by atoms with E-state index in [4.69, 9.17) is 10.7 Å². The minimum atomic E-state index is -3.82. The van der Waals surface area contributed by atoms with E-state index in [1.54, 1.807) is 24.3 Å². The number of hydrogen-bond acceptors (Lipinski definition) is 5. The summed E-state index contributed by atoms with van der Waals surface area (Å²) in [5.41, 5.74) is 0.307. The number of benzene rings is 1. The number of nitrogens with zero attached hydrogens (tertiary/aromatic N) is 3. The van der Waals surface area contributed by atoms with Gasteiger partial charge in [0.05, 0.1) is 23.6 Å². The van der Waals surface area contributed by atoms with Crippen LogP contribution in [0.1, 0.15) is 5.82 Å². The van der Waals surface area contributed by atoms with E-state index in [2.05, 4.69) is 15.1 Å². The molecule has 1 N–H and O–H groups in total. The van der Waals surface area contributed by atoms with Crippen LogP contribution in [0.25, 0.3) is 10.9 Å². The van der Waals surface area contributed by atoms with Gasteiger partial charge in [-0.2, -0.15) is 5.10 Å². The summed E-state index contributed by atoms with van der Waals surface area (Å²) >= 11 is 0. The fourth-order valence-corrected chi connectivity index (χ4v) is 2.58. The first kappa shape index (κ1) is 13.8. The van der Waals surface area contributed by atoms with Gasteiger partial charge in [-0.25, -0.2) is 13.4 Å². The highest BCUT2D eigenvalue weighted by atomic mass is 35.7. The summed E-state index contributed by atoms with van der Waals surface area (Å²) < 4.78 is 23.7. The Morgan fingerprint density at radius 2 is 2.05 bits per heavy atom. The van der Waals surface area contributed by atoms with Gasteiger partial charge in [0.2, 0.25) is 0 Å². The molecular formula is C12H9ClN4O3S. The lowest BCUT2D eigenvalue weighted by molar-refractivity contribution is 0.608. The quantitative estimate of drug-likeness (QED) is 0.727. The number of H-pyrrole nitrogens is 1. The Labute approximate surface area is 123 Å². The van der Waals surface area contributed by atoms with Gasteiger partial charge in [0, 0.05) is 16.9 Å². The molecule has 0 atom stereocenters. The second kappa shape index (κ2) is 4.97. The van der Waals surface area contributed by atoms with Crippen LogP contribution in [0.5, 0.6) is 0 Å². The van der Waals surface area contributed by atoms with E-state index in [1.165, 1.54) is 10.9 Å². The van der Waals surface area contributed by atoms with Crippen molar-refractivity contribution in [1.82, 2.24) is 19.7 Å². The molecule has 3 rings (SSSR count). The monoisotopic (exact) mass is 324 g/mol. The van der Waals surface area contributed by atoms with Crippen LogP contribution in [0.2, 0.25) is 0 Å². The number of aromatic amines is 1. The first-order valence-corrected chi connectivity index (χ1v) is 8.19. The van der Waals surface area contributed by atoms with Gasteiger partial charge in [0.15, 0.2) is 0 Å². The molecule has 0 fully saturated rings. The summed E-state index contributed by atoms with van der Waals surface area (Å²) in [7, 11) is 1.40. The maximum atomic E-state index is 11.9. The van der Waals surface area contributed by atoms with Crippen molar-refractivity contribution in [2.24, 2.45) is 0 Å². The maximum absolute atomic E-state index is 11.9. The molecule has 2 heterocycles. The van der Waals surface area contributed by atoms with Crippen LogP contribution in [0.15, 0.2) is 46.3 Å². The van der Waals surface area contributed by atoms with Gasteiger partial charge in [-0.3, -0.25) is 9.48 Å². The number of para-hydroxylation sites is 1. The summed E-state index contributed by atoms with van der Waals surface area (Å²) in [6.07, 6.45) is 2.42. The zero-order valence-corrected chi connectivity index (χ0v) is 12.1. The molecule has 0 aliphatic rings. The second-order valence-corrected chi connectivity index (χ2v) is 6.91. The van der Waals surface area contributed by atoms with Gasteiger partial charge in [-0.05, 0) is 12.1 Å². The average molecular weight is 325 g/mol. The lowest BCUT2D eigenvalue weighted by atomic mass is 10.2. The highest BCUT2D eigenvalue weighted by Gasteiger charge is 2.13. The van der Waals surface area contributed by atoms with Gasteiger partial charge in [-0.1, -0.05) is 12.1 Å². The number of fused-ring (bicyclic) bond motifs is 1. The molecule has 1 aromatic carbocycles. The summed E-state index contributed by atoms with van der Waals surface area (Å²) in [4.78, 5) is 18.7. The van der Waals surface area contributed by atoms with Crippen molar-refractivity contribution in [2.45, 2.75) is 11.4 Å². The summed E-state index contributed by atoms with van der Waals surface area (Å²) in [5.74, 6) is 0.375. The van der Waals surface area contributed by atoms with Gasteiger partial charge >= 0.3 is 0 Å². The Balaban J connectivity index is 1.99. The van der Waals surface area contributed by atoms with Crippen LogP contribution >= 0.6 is 10.7 Å². The largest absolute Gasteiger partial charge is 0.308 e. The normalized spacial score (nSPS) is 11.9. The highest BCUT2D eigenvalue weighted by Crippen LogP contribution is 2.13. The lowest BCUT2D eigenvalue weighted by Crippen LogP contribution is -2.14. The van der Waals surface area contributed by atoms with E-state index in [1.807, 2.05) is 0 Å². The summed E-state index contributed by atoms with van der Waals surface area (Å²) in [6.45, 7) is 0.131. The number of halogens is 1. The Kier molecular flexibility index (Phi) is 3.26. The van der Waals surface area contributed by atoms with Crippen LogP contribution in [0.4, 0.5) is 0 Å². The molecule has 0 aliphatic carbocycles. The van der Waals surface area contributed by atoms with Crippen LogP contribution in [0.3, 0.4) is 0 Å². The van der Waals surface area contributed by atoms with E-state index in [9.17, 15) is 13.2 Å². The van der Waals surface area contributed by atoms with Crippen molar-refractivity contribution in [3.05, 3.63) is 52.8 Å². The van der Waals surface area contributed by atoms with Crippen LogP contribution in [-0.2, 0) is 15.6 Å². The molecule has 0 radical (unpaired) electrons. The van der Waals surface area contributed by atoms with Gasteiger partial charge in [0.1, 0.15) is 10.7 Å². The molecule has 0 amide bonds. The maximum Gasteiger partial charge on any atom is 0.264 e. The minimum Gasteiger partial charge on any atom is -0.308 e. The first-order chi connectivity index (χ1) is 9.93. The Morgan fingerprint density at radius 3 is 2.76 bits per heavy atom. The predicted molar refractivity (Wildman–Crippen MR) is 76.7 cm³/mol. The third-order valence-corrected chi connectivity index (χ3v) is 4.17. The molecule has 0 spiro atoms. The van der Waals surface area contributed by atoms with Gasteiger partial charge in [-0.15, -0.1) is 0 Å². The number of rotatable bonds is 3. The molecule has 0 aliphatic heterocycles. The standard InChI is InChI=1S/C12H9ClN4O3S/c13-21(19,20)8-5-14-17(6-8)7-11-15-10-4-2-1-3-9(10)12(18)16-11/h1-6H,7H2,(H,15,16,18). The zero-order chi connectivity index (χ0) is 15.0. The molecule has 9 heteroatoms. The van der Waals surface area contributed by atoms with Crippen molar-refractivity contribution in [3.8, 4) is 0 Å². The number of hydrogen-bond donors (Lipinski definition) is 1. The topological polar surface area (TPSA) is 97.7 Å². The van der Waals surface area contributed by atoms with Gasteiger partial charge in [0.25, 0.3) is 14.6 Å². The zero-order valence-electron chi connectivity index (χ0n) is 10.5. The van der Waals surface area contributed by atoms with Crippen LogP contribution in [-0.4, -0.2) is 28.2 Å². The second-order valence-electron chi connectivity index (χ2n) is 4.34. The Bertz CT molecular complexity index is 977. The van der Waals surface area contributed by atoms with Crippen molar-refractivity contribution in [2.75, 3.05) is 0 Å². The van der Waals surface area contributed by atoms with Crippen molar-refractivity contribution < 1.29 is 8.42 Å². The van der Waals surface area contributed by atoms with E-state index in [-0.39, 0.29) is 17.0 Å². The van der Waals surface area contributed by atoms with E-state index >= 15 is 0 Å². The SMILES string of the molecule is O=c1[nH]c(Cn2cc(S(=O)(=O)Cl)cn2)nc2ccccc12. The Morgan fingerprint density at radius 1 is 1.29 bits per heavy atom. The van der Waals surface area contributed by atoms with E-state index < -0.39 is 9.05 Å². The molecule has 2 aromatic heterocycles. The molecule has 0 saturated carbocycles. The van der Waals surface area contributed by atoms with Crippen molar-refractivity contribution >= 4 is 30.6 Å². The Hall–Kier alpha value is -2.19. The third kappa shape index (κ3) is 2.81. The molecule has 7 nitrogen and oxygen atoms in total. The van der Waals surface area contributed by atoms with E-state index in [0.717, 1.165) is 6.20 Å². The molecule has 21 heavy (non-hydrogen) atoms. The highest BCUT2D eigenvalue weighted by molar-refractivity contribution is 8.13. The fraction of sp³-hybridized carbons (Fsp3) is 0.0833. The third-order valence-electron chi connectivity index (χ3n) is 2.86. The average Bonchev–Trinajstić information content (AvgIpc) is 2.87. The molecule has 0 bridgehead atoms. The van der Waals surface area contributed by atoms with Gasteiger partial charge < -0.3 is 4.98 Å². The van der Waals surface area contributed by atoms with Crippen LogP contribution < -0.4 is 5.56 Å². The summed E-state index contributed by atoms with van der Waals surface area (Å²) in [6, 6.07) is 6.94. The molecule has 0 saturated heterocycles. The predicted octanol–water partition coefficient (Wildman–Crippen LogP) is 1.10. The molecular weight excluding hydrogens is 316 g/mol. The van der Waals surface area contributed by atoms with Crippen molar-refractivity contribution in [3.63, 3.8) is 0 Å². The smallest absolute Gasteiger partial charge is 0.264 e. The van der Waals surface area contributed by atoms with E-state index in [0.29, 0.717) is 16.7 Å². The van der Waals surface area contributed by atoms with Crippen molar-refractivity contribution in [1.29, 1.82) is 0 Å². The number of aromatic nitrogens is 4. The summed E-state index contributed by atoms with van der Waals surface area (Å²) in [5, 5.41) is 4.37.